The molecule has 0 bridgehead atoms. The van der Waals surface area contributed by atoms with Gasteiger partial charge in [-0.15, -0.1) is 0 Å². The molecule has 0 aromatic heterocycles. The zero-order valence-corrected chi connectivity index (χ0v) is 16.3. The fraction of sp³-hybridized carbons (Fsp3) is 0.300. The number of hydrogen-bond donors (Lipinski definition) is 1. The molecule has 0 radical (unpaired) electrons. The van der Waals surface area contributed by atoms with E-state index in [1.807, 2.05) is 0 Å². The lowest BCUT2D eigenvalue weighted by atomic mass is 10.2. The summed E-state index contributed by atoms with van der Waals surface area (Å²) in [5.74, 6) is -2.24. The van der Waals surface area contributed by atoms with E-state index in [2.05, 4.69) is 0 Å². The molecule has 29 heavy (non-hydrogen) atoms. The summed E-state index contributed by atoms with van der Waals surface area (Å²) in [7, 11) is 2.78. The van der Waals surface area contributed by atoms with Crippen molar-refractivity contribution in [2.75, 3.05) is 14.2 Å². The van der Waals surface area contributed by atoms with Gasteiger partial charge in [0, 0.05) is 27.0 Å². The number of carboxylic acids is 1. The third kappa shape index (κ3) is 3.77. The Hall–Kier alpha value is -3.46. The topological polar surface area (TPSA) is 110 Å². The number of carbonyl (C=O) groups is 2. The first kappa shape index (κ1) is 20.3. The van der Waals surface area contributed by atoms with Crippen molar-refractivity contribution in [1.82, 2.24) is 0 Å². The molecule has 0 saturated heterocycles. The van der Waals surface area contributed by atoms with Crippen LogP contribution >= 0.6 is 0 Å². The first-order chi connectivity index (χ1) is 13.7. The van der Waals surface area contributed by atoms with Gasteiger partial charge in [-0.25, -0.2) is 4.79 Å². The number of benzene rings is 2. The van der Waals surface area contributed by atoms with Crippen LogP contribution in [0.3, 0.4) is 0 Å². The lowest BCUT2D eigenvalue weighted by molar-refractivity contribution is -0.266. The Kier molecular flexibility index (Phi) is 5.25. The van der Waals surface area contributed by atoms with Crippen molar-refractivity contribution in [3.63, 3.8) is 0 Å². The van der Waals surface area contributed by atoms with Gasteiger partial charge in [0.25, 0.3) is 0 Å². The van der Waals surface area contributed by atoms with Crippen molar-refractivity contribution in [3.8, 4) is 28.7 Å². The zero-order chi connectivity index (χ0) is 21.2. The van der Waals surface area contributed by atoms with E-state index in [9.17, 15) is 9.59 Å². The SMILES string of the molecule is COC1(C(=O)O)Oc2ccccc2O1.COc1ccc2c(c1)OC(C)(C(C)=O)O2. The van der Waals surface area contributed by atoms with Crippen molar-refractivity contribution < 1.29 is 43.1 Å². The second-order valence-corrected chi connectivity index (χ2v) is 6.24. The fourth-order valence-corrected chi connectivity index (χ4v) is 2.55. The summed E-state index contributed by atoms with van der Waals surface area (Å²) in [6.07, 6.45) is 0. The van der Waals surface area contributed by atoms with E-state index in [1.165, 1.54) is 14.0 Å². The largest absolute Gasteiger partial charge is 0.497 e. The normalized spacial score (nSPS) is 19.7. The lowest BCUT2D eigenvalue weighted by Crippen LogP contribution is -2.48. The molecule has 154 valence electrons. The van der Waals surface area contributed by atoms with E-state index in [0.29, 0.717) is 28.7 Å². The average Bonchev–Trinajstić information content (AvgIpc) is 3.26. The molecule has 0 fully saturated rings. The number of fused-ring (bicyclic) bond motifs is 2. The molecule has 4 rings (SSSR count). The number of ketones is 1. The van der Waals surface area contributed by atoms with Crippen LogP contribution in [0.4, 0.5) is 0 Å². The smallest absolute Gasteiger partial charge is 0.477 e. The van der Waals surface area contributed by atoms with Gasteiger partial charge in [-0.05, 0) is 24.3 Å². The minimum absolute atomic E-state index is 0.169. The van der Waals surface area contributed by atoms with Gasteiger partial charge in [-0.1, -0.05) is 12.1 Å². The predicted octanol–water partition coefficient (Wildman–Crippen LogP) is 2.61. The molecule has 2 aliphatic rings. The molecule has 2 aliphatic heterocycles. The van der Waals surface area contributed by atoms with Crippen LogP contribution in [0.15, 0.2) is 42.5 Å². The van der Waals surface area contributed by atoms with Crippen LogP contribution in [0.5, 0.6) is 28.7 Å². The standard InChI is InChI=1S/C11H12O4.C9H8O5/c1-7(12)11(2)14-9-5-4-8(13-3)6-10(9)15-11;1-12-9(8(10)11)13-6-4-2-3-5-7(6)14-9/h4-6H,1-3H3;2-5H,1H3,(H,10,11). The summed E-state index contributed by atoms with van der Waals surface area (Å²) in [4.78, 5) is 22.2. The fourth-order valence-electron chi connectivity index (χ4n) is 2.55. The van der Waals surface area contributed by atoms with E-state index in [1.54, 1.807) is 56.5 Å². The van der Waals surface area contributed by atoms with Gasteiger partial charge in [0.1, 0.15) is 5.75 Å². The monoisotopic (exact) mass is 404 g/mol. The highest BCUT2D eigenvalue weighted by molar-refractivity contribution is 5.84. The van der Waals surface area contributed by atoms with Crippen LogP contribution in [-0.4, -0.2) is 42.8 Å². The molecule has 1 unspecified atom stereocenters. The molecule has 0 amide bonds. The third-order valence-corrected chi connectivity index (χ3v) is 4.27. The van der Waals surface area contributed by atoms with E-state index < -0.39 is 17.7 Å². The van der Waals surface area contributed by atoms with Crippen LogP contribution in [0, 0.1) is 0 Å². The molecule has 0 spiro atoms. The van der Waals surface area contributed by atoms with Crippen molar-refractivity contribution in [2.45, 2.75) is 25.6 Å². The zero-order valence-electron chi connectivity index (χ0n) is 16.3. The highest BCUT2D eigenvalue weighted by Crippen LogP contribution is 2.42. The van der Waals surface area contributed by atoms with Crippen molar-refractivity contribution in [1.29, 1.82) is 0 Å². The number of aliphatic carboxylic acids is 1. The van der Waals surface area contributed by atoms with Gasteiger partial charge in [0.2, 0.25) is 5.78 Å². The van der Waals surface area contributed by atoms with Crippen LogP contribution in [-0.2, 0) is 14.3 Å². The molecular formula is C20H20O9. The molecule has 2 heterocycles. The van der Waals surface area contributed by atoms with Crippen molar-refractivity contribution in [2.24, 2.45) is 0 Å². The van der Waals surface area contributed by atoms with Crippen LogP contribution < -0.4 is 23.7 Å². The number of ether oxygens (including phenoxy) is 6. The Bertz CT molecular complexity index is 914. The predicted molar refractivity (Wildman–Crippen MR) is 98.4 cm³/mol. The summed E-state index contributed by atoms with van der Waals surface area (Å²) < 4.78 is 30.7. The first-order valence-corrected chi connectivity index (χ1v) is 8.55. The van der Waals surface area contributed by atoms with Crippen LogP contribution in [0.1, 0.15) is 13.8 Å². The summed E-state index contributed by atoms with van der Waals surface area (Å²) in [5.41, 5.74) is 0. The van der Waals surface area contributed by atoms with Crippen molar-refractivity contribution in [3.05, 3.63) is 42.5 Å². The first-order valence-electron chi connectivity index (χ1n) is 8.55. The molecule has 1 N–H and O–H groups in total. The molecule has 1 atom stereocenters. The highest BCUT2D eigenvalue weighted by atomic mass is 16.9. The molecule has 9 heteroatoms. The quantitative estimate of drug-likeness (QED) is 0.822. The maximum Gasteiger partial charge on any atom is 0.477 e. The number of rotatable bonds is 4. The van der Waals surface area contributed by atoms with Gasteiger partial charge in [0.05, 0.1) is 7.11 Å². The minimum atomic E-state index is -2.04. The summed E-state index contributed by atoms with van der Waals surface area (Å²) in [6.45, 7) is 3.03. The van der Waals surface area contributed by atoms with Crippen LogP contribution in [0.2, 0.25) is 0 Å². The second kappa shape index (κ2) is 7.51. The highest BCUT2D eigenvalue weighted by Gasteiger charge is 2.51. The second-order valence-electron chi connectivity index (χ2n) is 6.24. The van der Waals surface area contributed by atoms with E-state index >= 15 is 0 Å². The maximum atomic E-state index is 11.3. The van der Waals surface area contributed by atoms with Crippen LogP contribution in [0.25, 0.3) is 0 Å². The number of hydrogen-bond acceptors (Lipinski definition) is 8. The van der Waals surface area contributed by atoms with Gasteiger partial charge in [0.15, 0.2) is 23.0 Å². The average molecular weight is 404 g/mol. The van der Waals surface area contributed by atoms with Crippen molar-refractivity contribution >= 4 is 11.8 Å². The number of carbonyl (C=O) groups excluding carboxylic acids is 1. The van der Waals surface area contributed by atoms with E-state index in [0.717, 1.165) is 0 Å². The minimum Gasteiger partial charge on any atom is -0.497 e. The number of methoxy groups -OCH3 is 2. The molecule has 9 nitrogen and oxygen atoms in total. The van der Waals surface area contributed by atoms with E-state index in [4.69, 9.17) is 33.5 Å². The number of para-hydroxylation sites is 2. The Labute approximate surface area is 166 Å². The molecular weight excluding hydrogens is 384 g/mol. The van der Waals surface area contributed by atoms with Gasteiger partial charge >= 0.3 is 17.7 Å². The Morgan fingerprint density at radius 1 is 0.897 bits per heavy atom. The number of Topliss-reactive ketones (excluding diaryl/α,β-unsaturated/α-hetero) is 1. The Morgan fingerprint density at radius 2 is 1.45 bits per heavy atom. The van der Waals surface area contributed by atoms with Gasteiger partial charge in [-0.2, -0.15) is 0 Å². The Morgan fingerprint density at radius 3 is 1.93 bits per heavy atom. The van der Waals surface area contributed by atoms with Gasteiger partial charge in [-0.3, -0.25) is 4.79 Å². The number of carboxylic acid groups (broad SMARTS) is 1. The molecule has 2 aromatic carbocycles. The lowest BCUT2D eigenvalue weighted by Gasteiger charge is -2.19. The molecule has 0 saturated carbocycles. The maximum absolute atomic E-state index is 11.3. The van der Waals surface area contributed by atoms with E-state index in [-0.39, 0.29) is 5.78 Å². The van der Waals surface area contributed by atoms with Gasteiger partial charge < -0.3 is 33.5 Å². The summed E-state index contributed by atoms with van der Waals surface area (Å²) >= 11 is 0. The molecule has 2 aromatic rings. The third-order valence-electron chi connectivity index (χ3n) is 4.27. The summed E-state index contributed by atoms with van der Waals surface area (Å²) in [5, 5.41) is 8.86. The molecule has 0 aliphatic carbocycles. The summed E-state index contributed by atoms with van der Waals surface area (Å²) in [6, 6.07) is 11.8. The Balaban J connectivity index is 0.000000166.